The van der Waals surface area contributed by atoms with Crippen molar-refractivity contribution in [3.05, 3.63) is 34.1 Å². The minimum absolute atomic E-state index is 0.114. The van der Waals surface area contributed by atoms with Crippen LogP contribution in [0.5, 0.6) is 0 Å². The molecule has 1 aromatic rings. The van der Waals surface area contributed by atoms with Gasteiger partial charge in [0.15, 0.2) is 0 Å². The molecule has 2 rings (SSSR count). The molecule has 0 bridgehead atoms. The van der Waals surface area contributed by atoms with Crippen LogP contribution in [0, 0.1) is 11.7 Å². The average molecular weight is 301 g/mol. The number of benzene rings is 1. The van der Waals surface area contributed by atoms with E-state index < -0.39 is 0 Å². The van der Waals surface area contributed by atoms with Crippen LogP contribution in [-0.4, -0.2) is 31.6 Å². The fraction of sp³-hybridized carbons (Fsp3) is 0.538. The second kappa shape index (κ2) is 5.94. The van der Waals surface area contributed by atoms with Gasteiger partial charge in [0, 0.05) is 23.1 Å². The summed E-state index contributed by atoms with van der Waals surface area (Å²) in [7, 11) is 1.98. The number of hydrogen-bond donors (Lipinski definition) is 1. The van der Waals surface area contributed by atoms with Crippen LogP contribution in [0.1, 0.15) is 12.0 Å². The Labute approximate surface area is 110 Å². The van der Waals surface area contributed by atoms with Crippen LogP contribution in [-0.2, 0) is 6.54 Å². The summed E-state index contributed by atoms with van der Waals surface area (Å²) in [5.41, 5.74) is 0.790. The SMILES string of the molecule is CNCC1CCN(Cc2ccc(Br)cc2F)C1. The highest BCUT2D eigenvalue weighted by Crippen LogP contribution is 2.21. The maximum Gasteiger partial charge on any atom is 0.128 e. The summed E-state index contributed by atoms with van der Waals surface area (Å²) in [5, 5.41) is 3.21. The second-order valence-electron chi connectivity index (χ2n) is 4.68. The molecule has 1 aromatic carbocycles. The Balaban J connectivity index is 1.93. The minimum atomic E-state index is -0.114. The Kier molecular flexibility index (Phi) is 4.54. The molecule has 1 N–H and O–H groups in total. The van der Waals surface area contributed by atoms with E-state index in [4.69, 9.17) is 0 Å². The van der Waals surface area contributed by atoms with E-state index in [1.165, 1.54) is 12.5 Å². The molecule has 1 aliphatic heterocycles. The van der Waals surface area contributed by atoms with Gasteiger partial charge in [-0.2, -0.15) is 0 Å². The van der Waals surface area contributed by atoms with Crippen molar-refractivity contribution in [1.29, 1.82) is 0 Å². The van der Waals surface area contributed by atoms with Crippen molar-refractivity contribution in [3.63, 3.8) is 0 Å². The van der Waals surface area contributed by atoms with E-state index in [1.807, 2.05) is 19.2 Å². The minimum Gasteiger partial charge on any atom is -0.319 e. The third-order valence-corrected chi connectivity index (χ3v) is 3.77. The van der Waals surface area contributed by atoms with Crippen LogP contribution in [0.25, 0.3) is 0 Å². The average Bonchev–Trinajstić information content (AvgIpc) is 2.71. The number of likely N-dealkylation sites (tertiary alicyclic amines) is 1. The summed E-state index contributed by atoms with van der Waals surface area (Å²) in [5.74, 6) is 0.593. The molecular formula is C13H18BrFN2. The number of hydrogen-bond acceptors (Lipinski definition) is 2. The highest BCUT2D eigenvalue weighted by molar-refractivity contribution is 9.10. The summed E-state index contributed by atoms with van der Waals surface area (Å²) >= 11 is 3.28. The predicted octanol–water partition coefficient (Wildman–Crippen LogP) is 2.63. The third-order valence-electron chi connectivity index (χ3n) is 3.27. The van der Waals surface area contributed by atoms with E-state index in [9.17, 15) is 4.39 Å². The fourth-order valence-corrected chi connectivity index (χ4v) is 2.74. The summed E-state index contributed by atoms with van der Waals surface area (Å²) in [4.78, 5) is 2.33. The first-order chi connectivity index (χ1) is 8.19. The van der Waals surface area contributed by atoms with Gasteiger partial charge < -0.3 is 5.32 Å². The molecule has 2 nitrogen and oxygen atoms in total. The predicted molar refractivity (Wildman–Crippen MR) is 71.4 cm³/mol. The van der Waals surface area contributed by atoms with Crippen LogP contribution in [0.4, 0.5) is 4.39 Å². The molecule has 0 aromatic heterocycles. The van der Waals surface area contributed by atoms with Gasteiger partial charge in [-0.05, 0) is 44.6 Å². The summed E-state index contributed by atoms with van der Waals surface area (Å²) < 4.78 is 14.5. The molecule has 1 aliphatic rings. The molecule has 0 saturated carbocycles. The van der Waals surface area contributed by atoms with Crippen molar-refractivity contribution >= 4 is 15.9 Å². The molecule has 0 amide bonds. The van der Waals surface area contributed by atoms with Gasteiger partial charge in [-0.25, -0.2) is 4.39 Å². The summed E-state index contributed by atoms with van der Waals surface area (Å²) in [6, 6.07) is 5.31. The van der Waals surface area contributed by atoms with Crippen molar-refractivity contribution in [2.24, 2.45) is 5.92 Å². The molecule has 4 heteroatoms. The van der Waals surface area contributed by atoms with Crippen molar-refractivity contribution in [2.75, 3.05) is 26.7 Å². The van der Waals surface area contributed by atoms with Crippen LogP contribution in [0.2, 0.25) is 0 Å². The zero-order chi connectivity index (χ0) is 12.3. The Morgan fingerprint density at radius 3 is 3.06 bits per heavy atom. The van der Waals surface area contributed by atoms with Gasteiger partial charge in [0.2, 0.25) is 0 Å². The van der Waals surface area contributed by atoms with Gasteiger partial charge in [-0.1, -0.05) is 22.0 Å². The standard InChI is InChI=1S/C13H18BrFN2/c1-16-7-10-4-5-17(8-10)9-11-2-3-12(14)6-13(11)15/h2-3,6,10,16H,4-5,7-9H2,1H3. The number of nitrogens with one attached hydrogen (secondary N) is 1. The van der Waals surface area contributed by atoms with Crippen molar-refractivity contribution in [2.45, 2.75) is 13.0 Å². The van der Waals surface area contributed by atoms with E-state index in [-0.39, 0.29) is 5.82 Å². The Hall–Kier alpha value is -0.450. The number of rotatable bonds is 4. The molecule has 0 radical (unpaired) electrons. The van der Waals surface area contributed by atoms with Gasteiger partial charge in [-0.15, -0.1) is 0 Å². The van der Waals surface area contributed by atoms with E-state index in [0.29, 0.717) is 5.92 Å². The summed E-state index contributed by atoms with van der Waals surface area (Å²) in [6.45, 7) is 3.91. The fourth-order valence-electron chi connectivity index (χ4n) is 2.40. The second-order valence-corrected chi connectivity index (χ2v) is 5.60. The van der Waals surface area contributed by atoms with Crippen molar-refractivity contribution in [1.82, 2.24) is 10.2 Å². The van der Waals surface area contributed by atoms with Crippen molar-refractivity contribution < 1.29 is 4.39 Å². The molecule has 1 unspecified atom stereocenters. The molecular weight excluding hydrogens is 283 g/mol. The maximum absolute atomic E-state index is 13.7. The van der Waals surface area contributed by atoms with Crippen LogP contribution >= 0.6 is 15.9 Å². The lowest BCUT2D eigenvalue weighted by Crippen LogP contribution is -2.24. The Morgan fingerprint density at radius 1 is 1.53 bits per heavy atom. The van der Waals surface area contributed by atoms with Gasteiger partial charge in [0.05, 0.1) is 0 Å². The molecule has 0 spiro atoms. The number of nitrogens with zero attached hydrogens (tertiary/aromatic N) is 1. The van der Waals surface area contributed by atoms with Gasteiger partial charge in [-0.3, -0.25) is 4.90 Å². The molecule has 1 atom stereocenters. The molecule has 1 fully saturated rings. The van der Waals surface area contributed by atoms with E-state index in [1.54, 1.807) is 0 Å². The largest absolute Gasteiger partial charge is 0.319 e. The third kappa shape index (κ3) is 3.50. The quantitative estimate of drug-likeness (QED) is 0.920. The Bertz CT molecular complexity index is 384. The highest BCUT2D eigenvalue weighted by atomic mass is 79.9. The van der Waals surface area contributed by atoms with E-state index in [2.05, 4.69) is 26.1 Å². The van der Waals surface area contributed by atoms with Crippen LogP contribution < -0.4 is 5.32 Å². The lowest BCUT2D eigenvalue weighted by atomic mass is 10.1. The maximum atomic E-state index is 13.7. The smallest absolute Gasteiger partial charge is 0.128 e. The zero-order valence-corrected chi connectivity index (χ0v) is 11.6. The lowest BCUT2D eigenvalue weighted by Gasteiger charge is -2.16. The molecule has 17 heavy (non-hydrogen) atoms. The van der Waals surface area contributed by atoms with E-state index >= 15 is 0 Å². The van der Waals surface area contributed by atoms with Crippen LogP contribution in [0.3, 0.4) is 0 Å². The lowest BCUT2D eigenvalue weighted by molar-refractivity contribution is 0.310. The van der Waals surface area contributed by atoms with Gasteiger partial charge in [0.25, 0.3) is 0 Å². The molecule has 94 valence electrons. The molecule has 1 saturated heterocycles. The number of halogens is 2. The Morgan fingerprint density at radius 2 is 2.35 bits per heavy atom. The first-order valence-corrected chi connectivity index (χ1v) is 6.79. The van der Waals surface area contributed by atoms with Gasteiger partial charge >= 0.3 is 0 Å². The van der Waals surface area contributed by atoms with Gasteiger partial charge in [0.1, 0.15) is 5.82 Å². The zero-order valence-electron chi connectivity index (χ0n) is 10.0. The molecule has 1 heterocycles. The monoisotopic (exact) mass is 300 g/mol. The topological polar surface area (TPSA) is 15.3 Å². The highest BCUT2D eigenvalue weighted by Gasteiger charge is 2.22. The first-order valence-electron chi connectivity index (χ1n) is 6.00. The summed E-state index contributed by atoms with van der Waals surface area (Å²) in [6.07, 6.45) is 1.21. The van der Waals surface area contributed by atoms with Crippen LogP contribution in [0.15, 0.2) is 22.7 Å². The first kappa shape index (κ1) is 13.0. The normalized spacial score (nSPS) is 21.0. The molecule has 0 aliphatic carbocycles. The van der Waals surface area contributed by atoms with E-state index in [0.717, 1.165) is 36.2 Å². The van der Waals surface area contributed by atoms with Crippen molar-refractivity contribution in [3.8, 4) is 0 Å².